The van der Waals surface area contributed by atoms with Crippen LogP contribution < -0.4 is 5.32 Å². The lowest BCUT2D eigenvalue weighted by Gasteiger charge is -2.15. The topological polar surface area (TPSA) is 49.3 Å². The van der Waals surface area contributed by atoms with Crippen LogP contribution in [0.2, 0.25) is 0 Å². The molecule has 0 radical (unpaired) electrons. The Morgan fingerprint density at radius 3 is 2.58 bits per heavy atom. The fourth-order valence-corrected chi connectivity index (χ4v) is 2.64. The summed E-state index contributed by atoms with van der Waals surface area (Å²) in [5.74, 6) is -0.118. The van der Waals surface area contributed by atoms with Crippen LogP contribution in [0.4, 0.5) is 0 Å². The number of aliphatic hydroxyl groups is 1. The van der Waals surface area contributed by atoms with E-state index in [4.69, 9.17) is 0 Å². The number of amides is 1. The highest BCUT2D eigenvalue weighted by Crippen LogP contribution is 2.15. The van der Waals surface area contributed by atoms with Gasteiger partial charge < -0.3 is 10.4 Å². The first-order chi connectivity index (χ1) is 9.19. The summed E-state index contributed by atoms with van der Waals surface area (Å²) in [6.45, 7) is 1.90. The van der Waals surface area contributed by atoms with Crippen LogP contribution in [0.1, 0.15) is 20.1 Å². The second-order valence-electron chi connectivity index (χ2n) is 4.45. The van der Waals surface area contributed by atoms with Gasteiger partial charge in [-0.05, 0) is 31.0 Å². The molecule has 0 saturated carbocycles. The number of rotatable bonds is 5. The van der Waals surface area contributed by atoms with Crippen molar-refractivity contribution in [3.05, 3.63) is 57.8 Å². The smallest absolute Gasteiger partial charge is 0.261 e. The van der Waals surface area contributed by atoms with Gasteiger partial charge in [-0.15, -0.1) is 11.3 Å². The largest absolute Gasteiger partial charge is 0.394 e. The van der Waals surface area contributed by atoms with E-state index < -0.39 is 0 Å². The fraction of sp³-hybridized carbons (Fsp3) is 0.267. The number of thiophene rings is 1. The third-order valence-corrected chi connectivity index (χ3v) is 3.84. The average Bonchev–Trinajstić information content (AvgIpc) is 2.86. The first-order valence-electron chi connectivity index (χ1n) is 6.21. The molecule has 0 unspecified atom stereocenters. The highest BCUT2D eigenvalue weighted by atomic mass is 32.1. The summed E-state index contributed by atoms with van der Waals surface area (Å²) >= 11 is 1.46. The number of hydrogen-bond donors (Lipinski definition) is 2. The van der Waals surface area contributed by atoms with Gasteiger partial charge in [0.25, 0.3) is 5.91 Å². The number of nitrogens with one attached hydrogen (secondary N) is 1. The van der Waals surface area contributed by atoms with Crippen molar-refractivity contribution in [2.24, 2.45) is 0 Å². The average molecular weight is 275 g/mol. The van der Waals surface area contributed by atoms with Crippen molar-refractivity contribution in [2.75, 3.05) is 6.61 Å². The minimum absolute atomic E-state index is 0.0645. The highest BCUT2D eigenvalue weighted by molar-refractivity contribution is 7.13. The molecule has 2 N–H and O–H groups in total. The molecule has 2 aromatic rings. The van der Waals surface area contributed by atoms with E-state index in [-0.39, 0.29) is 18.6 Å². The van der Waals surface area contributed by atoms with Gasteiger partial charge in [0, 0.05) is 4.88 Å². The molecule has 0 fully saturated rings. The van der Waals surface area contributed by atoms with Crippen LogP contribution in [0.3, 0.4) is 0 Å². The summed E-state index contributed by atoms with van der Waals surface area (Å²) in [7, 11) is 0. The fourth-order valence-electron chi connectivity index (χ4n) is 1.87. The van der Waals surface area contributed by atoms with Gasteiger partial charge in [-0.1, -0.05) is 30.3 Å². The summed E-state index contributed by atoms with van der Waals surface area (Å²) in [5.41, 5.74) is 1.10. The van der Waals surface area contributed by atoms with Crippen molar-refractivity contribution in [1.82, 2.24) is 5.32 Å². The Kier molecular flexibility index (Phi) is 4.71. The predicted molar refractivity (Wildman–Crippen MR) is 77.5 cm³/mol. The molecule has 0 aliphatic rings. The molecule has 0 aliphatic carbocycles. The Labute approximate surface area is 116 Å². The maximum Gasteiger partial charge on any atom is 0.261 e. The molecule has 0 bridgehead atoms. The van der Waals surface area contributed by atoms with Gasteiger partial charge in [-0.25, -0.2) is 0 Å². The molecule has 1 aromatic heterocycles. The number of aryl methyl sites for hydroxylation is 1. The SMILES string of the molecule is Cc1ccc(C(=O)N[C@H](CO)Cc2ccccc2)s1. The van der Waals surface area contributed by atoms with Crippen molar-refractivity contribution in [3.8, 4) is 0 Å². The van der Waals surface area contributed by atoms with Crippen molar-refractivity contribution >= 4 is 17.2 Å². The molecule has 1 heterocycles. The van der Waals surface area contributed by atoms with Gasteiger partial charge in [-0.3, -0.25) is 4.79 Å². The first-order valence-corrected chi connectivity index (χ1v) is 7.03. The van der Waals surface area contributed by atoms with E-state index in [0.29, 0.717) is 11.3 Å². The molecule has 3 nitrogen and oxygen atoms in total. The van der Waals surface area contributed by atoms with Crippen LogP contribution >= 0.6 is 11.3 Å². The van der Waals surface area contributed by atoms with Crippen LogP contribution in [0.5, 0.6) is 0 Å². The lowest BCUT2D eigenvalue weighted by atomic mass is 10.1. The van der Waals surface area contributed by atoms with Gasteiger partial charge in [-0.2, -0.15) is 0 Å². The zero-order valence-electron chi connectivity index (χ0n) is 10.8. The first kappa shape index (κ1) is 13.8. The molecular weight excluding hydrogens is 258 g/mol. The third kappa shape index (κ3) is 3.91. The summed E-state index contributed by atoms with van der Waals surface area (Å²) in [6, 6.07) is 13.3. The minimum Gasteiger partial charge on any atom is -0.394 e. The third-order valence-electron chi connectivity index (χ3n) is 2.84. The van der Waals surface area contributed by atoms with Crippen LogP contribution in [-0.2, 0) is 6.42 Å². The lowest BCUT2D eigenvalue weighted by Crippen LogP contribution is -2.38. The summed E-state index contributed by atoms with van der Waals surface area (Å²) in [4.78, 5) is 13.8. The van der Waals surface area contributed by atoms with Crippen LogP contribution in [0.15, 0.2) is 42.5 Å². The van der Waals surface area contributed by atoms with Crippen LogP contribution in [-0.4, -0.2) is 23.7 Å². The minimum atomic E-state index is -0.252. The van der Waals surface area contributed by atoms with Crippen molar-refractivity contribution in [3.63, 3.8) is 0 Å². The Balaban J connectivity index is 1.97. The zero-order valence-corrected chi connectivity index (χ0v) is 11.6. The normalized spacial score (nSPS) is 12.1. The number of benzene rings is 1. The molecule has 1 aromatic carbocycles. The van der Waals surface area contributed by atoms with Crippen molar-refractivity contribution < 1.29 is 9.90 Å². The number of carbonyl (C=O) groups is 1. The second kappa shape index (κ2) is 6.50. The van der Waals surface area contributed by atoms with E-state index >= 15 is 0 Å². The summed E-state index contributed by atoms with van der Waals surface area (Å²) in [5, 5.41) is 12.2. The van der Waals surface area contributed by atoms with E-state index in [1.807, 2.05) is 49.4 Å². The molecule has 0 spiro atoms. The van der Waals surface area contributed by atoms with E-state index in [9.17, 15) is 9.90 Å². The zero-order chi connectivity index (χ0) is 13.7. The number of carbonyl (C=O) groups excluding carboxylic acids is 1. The van der Waals surface area contributed by atoms with E-state index in [1.54, 1.807) is 0 Å². The molecule has 0 saturated heterocycles. The van der Waals surface area contributed by atoms with Crippen molar-refractivity contribution in [2.45, 2.75) is 19.4 Å². The maximum atomic E-state index is 12.0. The number of hydrogen-bond acceptors (Lipinski definition) is 3. The molecule has 0 aliphatic heterocycles. The quantitative estimate of drug-likeness (QED) is 0.880. The van der Waals surface area contributed by atoms with Crippen molar-refractivity contribution in [1.29, 1.82) is 0 Å². The van der Waals surface area contributed by atoms with E-state index in [0.717, 1.165) is 10.4 Å². The maximum absolute atomic E-state index is 12.0. The summed E-state index contributed by atoms with van der Waals surface area (Å²) in [6.07, 6.45) is 0.632. The molecule has 1 amide bonds. The van der Waals surface area contributed by atoms with Gasteiger partial charge in [0.15, 0.2) is 0 Å². The Morgan fingerprint density at radius 1 is 1.26 bits per heavy atom. The van der Waals surface area contributed by atoms with E-state index in [1.165, 1.54) is 11.3 Å². The standard InChI is InChI=1S/C15H17NO2S/c1-11-7-8-14(19-11)15(18)16-13(10-17)9-12-5-3-2-4-6-12/h2-8,13,17H,9-10H2,1H3,(H,16,18)/t13-/m0/s1. The predicted octanol–water partition coefficient (Wildman–Crippen LogP) is 2.39. The van der Waals surface area contributed by atoms with Gasteiger partial charge in [0.1, 0.15) is 0 Å². The Hall–Kier alpha value is -1.65. The Morgan fingerprint density at radius 2 is 2.00 bits per heavy atom. The monoisotopic (exact) mass is 275 g/mol. The van der Waals surface area contributed by atoms with Crippen LogP contribution in [0.25, 0.3) is 0 Å². The van der Waals surface area contributed by atoms with Gasteiger partial charge >= 0.3 is 0 Å². The highest BCUT2D eigenvalue weighted by Gasteiger charge is 2.14. The molecule has 19 heavy (non-hydrogen) atoms. The lowest BCUT2D eigenvalue weighted by molar-refractivity contribution is 0.0920. The Bertz CT molecular complexity index is 536. The van der Waals surface area contributed by atoms with Gasteiger partial charge in [0.2, 0.25) is 0 Å². The molecule has 2 rings (SSSR count). The van der Waals surface area contributed by atoms with Crippen LogP contribution in [0, 0.1) is 6.92 Å². The van der Waals surface area contributed by atoms with Gasteiger partial charge in [0.05, 0.1) is 17.5 Å². The molecular formula is C15H17NO2S. The van der Waals surface area contributed by atoms with E-state index in [2.05, 4.69) is 5.32 Å². The molecule has 100 valence electrons. The molecule has 4 heteroatoms. The second-order valence-corrected chi connectivity index (χ2v) is 5.74. The summed E-state index contributed by atoms with van der Waals surface area (Å²) < 4.78 is 0. The molecule has 1 atom stereocenters. The number of aliphatic hydroxyl groups excluding tert-OH is 1.